The molecule has 1 aliphatic carbocycles. The summed E-state index contributed by atoms with van der Waals surface area (Å²) >= 11 is 0. The Bertz CT molecular complexity index is 356. The lowest BCUT2D eigenvalue weighted by Gasteiger charge is -2.28. The zero-order valence-electron chi connectivity index (χ0n) is 12.1. The van der Waals surface area contributed by atoms with Gasteiger partial charge in [0.05, 0.1) is 25.1 Å². The zero-order chi connectivity index (χ0) is 13.5. The molecule has 1 saturated heterocycles. The molecule has 2 fully saturated rings. The molecule has 0 spiro atoms. The van der Waals surface area contributed by atoms with Crippen molar-refractivity contribution in [1.29, 1.82) is 0 Å². The van der Waals surface area contributed by atoms with Crippen LogP contribution in [0.15, 0.2) is 18.3 Å². The Morgan fingerprint density at radius 2 is 2.05 bits per heavy atom. The third kappa shape index (κ3) is 4.80. The first-order valence-electron chi connectivity index (χ1n) is 7.28. The van der Waals surface area contributed by atoms with Crippen molar-refractivity contribution in [1.82, 2.24) is 10.3 Å². The normalized spacial score (nSPS) is 18.7. The highest BCUT2D eigenvalue weighted by molar-refractivity contribution is 5.44. The fourth-order valence-corrected chi connectivity index (χ4v) is 2.01. The summed E-state index contributed by atoms with van der Waals surface area (Å²) in [6, 6.07) is 5.14. The Kier molecular flexibility index (Phi) is 5.61. The number of rotatable bonds is 3. The van der Waals surface area contributed by atoms with Crippen molar-refractivity contribution in [3.8, 4) is 0 Å². The molecule has 0 radical (unpaired) electrons. The van der Waals surface area contributed by atoms with Gasteiger partial charge in [0.25, 0.3) is 0 Å². The van der Waals surface area contributed by atoms with E-state index in [1.807, 2.05) is 13.2 Å². The van der Waals surface area contributed by atoms with Gasteiger partial charge in [0.15, 0.2) is 0 Å². The molecule has 3 rings (SSSR count). The molecule has 1 aliphatic heterocycles. The van der Waals surface area contributed by atoms with Crippen LogP contribution in [-0.4, -0.2) is 44.4 Å². The third-order valence-electron chi connectivity index (χ3n) is 3.53. The minimum Gasteiger partial charge on any atom is -0.378 e. The number of nitrogens with one attached hydrogen (secondary N) is 1. The Balaban J connectivity index is 0.000000224. The fraction of sp³-hybridized carbons (Fsp3) is 0.667. The fourth-order valence-electron chi connectivity index (χ4n) is 2.01. The summed E-state index contributed by atoms with van der Waals surface area (Å²) in [5, 5.41) is 3.14. The number of anilines is 1. The van der Waals surface area contributed by atoms with Crippen molar-refractivity contribution >= 4 is 5.69 Å². The number of nitrogens with zero attached hydrogens (tertiary/aromatic N) is 2. The number of ether oxygens (including phenoxy) is 1. The number of aryl methyl sites for hydroxylation is 1. The molecule has 4 nitrogen and oxygen atoms in total. The van der Waals surface area contributed by atoms with Crippen LogP contribution >= 0.6 is 0 Å². The molecule has 19 heavy (non-hydrogen) atoms. The predicted molar refractivity (Wildman–Crippen MR) is 78.7 cm³/mol. The molecule has 4 heteroatoms. The van der Waals surface area contributed by atoms with E-state index >= 15 is 0 Å². The van der Waals surface area contributed by atoms with Crippen LogP contribution in [0.5, 0.6) is 0 Å². The van der Waals surface area contributed by atoms with Gasteiger partial charge < -0.3 is 15.0 Å². The van der Waals surface area contributed by atoms with Gasteiger partial charge in [-0.3, -0.25) is 4.98 Å². The van der Waals surface area contributed by atoms with E-state index in [4.69, 9.17) is 4.74 Å². The van der Waals surface area contributed by atoms with E-state index < -0.39 is 0 Å². The molecular weight excluding hydrogens is 238 g/mol. The van der Waals surface area contributed by atoms with Gasteiger partial charge in [-0.2, -0.15) is 0 Å². The average molecular weight is 263 g/mol. The van der Waals surface area contributed by atoms with Crippen LogP contribution in [0.2, 0.25) is 0 Å². The number of pyridine rings is 1. The predicted octanol–water partition coefficient (Wildman–Crippen LogP) is 1.85. The van der Waals surface area contributed by atoms with E-state index in [2.05, 4.69) is 34.3 Å². The summed E-state index contributed by atoms with van der Waals surface area (Å²) in [4.78, 5) is 6.71. The first kappa shape index (κ1) is 14.3. The molecule has 1 N–H and O–H groups in total. The van der Waals surface area contributed by atoms with Gasteiger partial charge in [-0.05, 0) is 38.4 Å². The highest BCUT2D eigenvalue weighted by Gasteiger charge is 2.17. The molecular formula is C15H25N3O. The summed E-state index contributed by atoms with van der Waals surface area (Å²) in [5.41, 5.74) is 2.37. The smallest absolute Gasteiger partial charge is 0.0642 e. The van der Waals surface area contributed by atoms with E-state index in [0.717, 1.165) is 44.5 Å². The summed E-state index contributed by atoms with van der Waals surface area (Å²) in [6.07, 6.45) is 5.76. The SMILES string of the molecule is CCc1ccc(N2CCOCC2)cn1.CNC1CC1. The summed E-state index contributed by atoms with van der Waals surface area (Å²) in [5.74, 6) is 0. The molecule has 0 aromatic carbocycles. The van der Waals surface area contributed by atoms with Crippen molar-refractivity contribution in [3.63, 3.8) is 0 Å². The molecule has 0 atom stereocenters. The second-order valence-corrected chi connectivity index (χ2v) is 5.02. The second kappa shape index (κ2) is 7.46. The minimum atomic E-state index is 0.829. The van der Waals surface area contributed by atoms with Gasteiger partial charge in [0.2, 0.25) is 0 Å². The lowest BCUT2D eigenvalue weighted by Crippen LogP contribution is -2.36. The van der Waals surface area contributed by atoms with Gasteiger partial charge >= 0.3 is 0 Å². The Hall–Kier alpha value is -1.13. The second-order valence-electron chi connectivity index (χ2n) is 5.02. The monoisotopic (exact) mass is 263 g/mol. The molecule has 1 aromatic rings. The van der Waals surface area contributed by atoms with Crippen molar-refractivity contribution < 1.29 is 4.74 Å². The number of hydrogen-bond acceptors (Lipinski definition) is 4. The highest BCUT2D eigenvalue weighted by atomic mass is 16.5. The molecule has 0 bridgehead atoms. The summed E-state index contributed by atoms with van der Waals surface area (Å²) < 4.78 is 5.30. The quantitative estimate of drug-likeness (QED) is 0.903. The van der Waals surface area contributed by atoms with Crippen molar-refractivity contribution in [2.45, 2.75) is 32.2 Å². The molecule has 1 aromatic heterocycles. The summed E-state index contributed by atoms with van der Waals surface area (Å²) in [6.45, 7) is 5.74. The van der Waals surface area contributed by atoms with Crippen LogP contribution in [0.1, 0.15) is 25.5 Å². The number of aromatic nitrogens is 1. The standard InChI is InChI=1S/C11H16N2O.C4H9N/c1-2-10-3-4-11(9-12-10)13-5-7-14-8-6-13;1-5-4-2-3-4/h3-4,9H,2,5-8H2,1H3;4-5H,2-3H2,1H3. The molecule has 0 unspecified atom stereocenters. The minimum absolute atomic E-state index is 0.829. The van der Waals surface area contributed by atoms with Crippen LogP contribution in [0, 0.1) is 0 Å². The van der Waals surface area contributed by atoms with Gasteiger partial charge in [0.1, 0.15) is 0 Å². The lowest BCUT2D eigenvalue weighted by atomic mass is 10.2. The number of hydrogen-bond donors (Lipinski definition) is 1. The van der Waals surface area contributed by atoms with E-state index in [-0.39, 0.29) is 0 Å². The first-order chi connectivity index (χ1) is 9.33. The lowest BCUT2D eigenvalue weighted by molar-refractivity contribution is 0.122. The van der Waals surface area contributed by atoms with Crippen molar-refractivity contribution in [2.24, 2.45) is 0 Å². The van der Waals surface area contributed by atoms with Gasteiger partial charge in [0, 0.05) is 24.8 Å². The number of morpholine rings is 1. The molecule has 106 valence electrons. The first-order valence-corrected chi connectivity index (χ1v) is 7.28. The van der Waals surface area contributed by atoms with Crippen molar-refractivity contribution in [2.75, 3.05) is 38.3 Å². The zero-order valence-corrected chi connectivity index (χ0v) is 12.1. The summed E-state index contributed by atoms with van der Waals surface area (Å²) in [7, 11) is 2.01. The third-order valence-corrected chi connectivity index (χ3v) is 3.53. The topological polar surface area (TPSA) is 37.4 Å². The van der Waals surface area contributed by atoms with Crippen LogP contribution in [0.3, 0.4) is 0 Å². The van der Waals surface area contributed by atoms with Gasteiger partial charge in [-0.25, -0.2) is 0 Å². The molecule has 2 heterocycles. The maximum Gasteiger partial charge on any atom is 0.0642 e. The van der Waals surface area contributed by atoms with E-state index in [9.17, 15) is 0 Å². The molecule has 2 aliphatic rings. The van der Waals surface area contributed by atoms with E-state index in [1.54, 1.807) is 0 Å². The largest absolute Gasteiger partial charge is 0.378 e. The van der Waals surface area contributed by atoms with Crippen LogP contribution < -0.4 is 10.2 Å². The Labute approximate surface area is 116 Å². The van der Waals surface area contributed by atoms with Crippen molar-refractivity contribution in [3.05, 3.63) is 24.0 Å². The maximum atomic E-state index is 5.30. The Morgan fingerprint density at radius 3 is 2.47 bits per heavy atom. The Morgan fingerprint density at radius 1 is 1.32 bits per heavy atom. The van der Waals surface area contributed by atoms with E-state index in [0.29, 0.717) is 0 Å². The average Bonchev–Trinajstić information content (AvgIpc) is 3.33. The van der Waals surface area contributed by atoms with Gasteiger partial charge in [-0.15, -0.1) is 0 Å². The molecule has 1 saturated carbocycles. The molecule has 0 amide bonds. The van der Waals surface area contributed by atoms with E-state index in [1.165, 1.54) is 18.5 Å². The maximum absolute atomic E-state index is 5.30. The van der Waals surface area contributed by atoms with Crippen LogP contribution in [0.25, 0.3) is 0 Å². The highest BCUT2D eigenvalue weighted by Crippen LogP contribution is 2.17. The van der Waals surface area contributed by atoms with Crippen LogP contribution in [-0.2, 0) is 11.2 Å². The van der Waals surface area contributed by atoms with Gasteiger partial charge in [-0.1, -0.05) is 6.92 Å². The van der Waals surface area contributed by atoms with Crippen LogP contribution in [0.4, 0.5) is 5.69 Å².